The molecule has 1 aromatic carbocycles. The van der Waals surface area contributed by atoms with Gasteiger partial charge >= 0.3 is 0 Å². The number of thiazole rings is 1. The summed E-state index contributed by atoms with van der Waals surface area (Å²) in [5, 5.41) is 1.76. The molecular weight excluding hydrogens is 348 g/mol. The zero-order chi connectivity index (χ0) is 16.2. The second-order valence-electron chi connectivity index (χ2n) is 5.03. The Bertz CT molecular complexity index is 878. The van der Waals surface area contributed by atoms with Crippen LogP contribution in [-0.2, 0) is 6.54 Å². The van der Waals surface area contributed by atoms with Crippen LogP contribution in [0, 0.1) is 0 Å². The van der Waals surface area contributed by atoms with Gasteiger partial charge in [-0.2, -0.15) is 0 Å². The standard InChI is InChI=1S/C16H16N4O2S.ClH/c17-6-7-19(11-12-4-2-1-3-5-12)14(21)13-10-18-16-20(15(13)22)8-9-23-16;/h1-5,8-10H,6-7,11,17H2;1H. The first kappa shape index (κ1) is 18.1. The quantitative estimate of drug-likeness (QED) is 0.748. The Morgan fingerprint density at radius 2 is 2.04 bits per heavy atom. The predicted molar refractivity (Wildman–Crippen MR) is 96.8 cm³/mol. The van der Waals surface area contributed by atoms with E-state index in [1.807, 2.05) is 30.3 Å². The van der Waals surface area contributed by atoms with E-state index in [1.54, 1.807) is 16.5 Å². The number of halogens is 1. The number of aromatic nitrogens is 2. The summed E-state index contributed by atoms with van der Waals surface area (Å²) in [4.78, 5) is 31.5. The number of fused-ring (bicyclic) bond motifs is 1. The number of nitrogens with two attached hydrogens (primary N) is 1. The van der Waals surface area contributed by atoms with Gasteiger partial charge in [-0.15, -0.1) is 23.7 Å². The summed E-state index contributed by atoms with van der Waals surface area (Å²) in [7, 11) is 0. The van der Waals surface area contributed by atoms with Crippen molar-refractivity contribution < 1.29 is 4.79 Å². The van der Waals surface area contributed by atoms with E-state index in [0.717, 1.165) is 5.56 Å². The van der Waals surface area contributed by atoms with Gasteiger partial charge in [0.15, 0.2) is 4.96 Å². The van der Waals surface area contributed by atoms with E-state index < -0.39 is 0 Å². The summed E-state index contributed by atoms with van der Waals surface area (Å²) in [6.45, 7) is 1.11. The van der Waals surface area contributed by atoms with Crippen molar-refractivity contribution in [3.05, 3.63) is 69.6 Å². The molecule has 6 nitrogen and oxygen atoms in total. The summed E-state index contributed by atoms with van der Waals surface area (Å²) < 4.78 is 1.39. The third-order valence-electron chi connectivity index (χ3n) is 3.48. The fourth-order valence-electron chi connectivity index (χ4n) is 2.35. The molecule has 0 atom stereocenters. The van der Waals surface area contributed by atoms with Crippen LogP contribution in [0.4, 0.5) is 0 Å². The molecule has 0 unspecified atom stereocenters. The summed E-state index contributed by atoms with van der Waals surface area (Å²) in [5.74, 6) is -0.350. The molecule has 0 radical (unpaired) electrons. The van der Waals surface area contributed by atoms with E-state index in [1.165, 1.54) is 21.9 Å². The Morgan fingerprint density at radius 1 is 1.29 bits per heavy atom. The first-order valence-electron chi connectivity index (χ1n) is 7.19. The zero-order valence-corrected chi connectivity index (χ0v) is 14.4. The maximum atomic E-state index is 12.7. The van der Waals surface area contributed by atoms with Crippen LogP contribution in [0.1, 0.15) is 15.9 Å². The molecule has 2 aromatic heterocycles. The van der Waals surface area contributed by atoms with Crippen LogP contribution < -0.4 is 11.3 Å². The molecule has 0 aliphatic carbocycles. The van der Waals surface area contributed by atoms with Crippen molar-refractivity contribution >= 4 is 34.6 Å². The van der Waals surface area contributed by atoms with Crippen LogP contribution in [-0.4, -0.2) is 33.3 Å². The molecule has 0 spiro atoms. The van der Waals surface area contributed by atoms with Crippen LogP contribution in [0.25, 0.3) is 4.96 Å². The van der Waals surface area contributed by atoms with Crippen LogP contribution in [0.15, 0.2) is 52.9 Å². The Balaban J connectivity index is 0.00000208. The highest BCUT2D eigenvalue weighted by Gasteiger charge is 2.20. The molecule has 3 rings (SSSR count). The van der Waals surface area contributed by atoms with Crippen molar-refractivity contribution in [3.8, 4) is 0 Å². The van der Waals surface area contributed by atoms with Gasteiger partial charge in [-0.25, -0.2) is 4.98 Å². The minimum atomic E-state index is -0.351. The predicted octanol–water partition coefficient (Wildman–Crippen LogP) is 1.78. The van der Waals surface area contributed by atoms with Crippen molar-refractivity contribution in [1.82, 2.24) is 14.3 Å². The molecule has 8 heteroatoms. The first-order valence-corrected chi connectivity index (χ1v) is 8.07. The molecule has 24 heavy (non-hydrogen) atoms. The molecule has 0 saturated carbocycles. The number of carbonyl (C=O) groups excluding carboxylic acids is 1. The lowest BCUT2D eigenvalue weighted by atomic mass is 10.2. The number of carbonyl (C=O) groups is 1. The average molecular weight is 365 g/mol. The smallest absolute Gasteiger partial charge is 0.271 e. The van der Waals surface area contributed by atoms with Gasteiger partial charge in [0, 0.05) is 37.4 Å². The van der Waals surface area contributed by atoms with Crippen molar-refractivity contribution in [2.24, 2.45) is 5.73 Å². The molecule has 0 aliphatic heterocycles. The van der Waals surface area contributed by atoms with Crippen molar-refractivity contribution in [3.63, 3.8) is 0 Å². The number of hydrogen-bond acceptors (Lipinski definition) is 5. The molecule has 0 saturated heterocycles. The van der Waals surface area contributed by atoms with Gasteiger partial charge in [-0.05, 0) is 5.56 Å². The number of nitrogens with zero attached hydrogens (tertiary/aromatic N) is 3. The van der Waals surface area contributed by atoms with Crippen molar-refractivity contribution in [1.29, 1.82) is 0 Å². The molecule has 0 bridgehead atoms. The molecule has 0 fully saturated rings. The Labute approximate surface area is 149 Å². The van der Waals surface area contributed by atoms with E-state index >= 15 is 0 Å². The Hall–Kier alpha value is -2.22. The maximum absolute atomic E-state index is 12.7. The molecular formula is C16H17ClN4O2S. The van der Waals surface area contributed by atoms with Gasteiger partial charge in [-0.3, -0.25) is 14.0 Å². The Kier molecular flexibility index (Phi) is 6.08. The van der Waals surface area contributed by atoms with Gasteiger partial charge in [0.25, 0.3) is 11.5 Å². The van der Waals surface area contributed by atoms with Crippen LogP contribution in [0.3, 0.4) is 0 Å². The van der Waals surface area contributed by atoms with Crippen LogP contribution in [0.2, 0.25) is 0 Å². The van der Waals surface area contributed by atoms with Gasteiger partial charge in [-0.1, -0.05) is 30.3 Å². The second kappa shape index (κ2) is 8.05. The van der Waals surface area contributed by atoms with Crippen molar-refractivity contribution in [2.45, 2.75) is 6.54 Å². The summed E-state index contributed by atoms with van der Waals surface area (Å²) >= 11 is 1.35. The molecule has 2 N–H and O–H groups in total. The minimum absolute atomic E-state index is 0. The number of hydrogen-bond donors (Lipinski definition) is 1. The van der Waals surface area contributed by atoms with E-state index in [9.17, 15) is 9.59 Å². The fraction of sp³-hybridized carbons (Fsp3) is 0.188. The SMILES string of the molecule is Cl.NCCN(Cc1ccccc1)C(=O)c1cnc2sccn2c1=O. The number of amides is 1. The lowest BCUT2D eigenvalue weighted by Gasteiger charge is -2.21. The zero-order valence-electron chi connectivity index (χ0n) is 12.8. The maximum Gasteiger partial charge on any atom is 0.271 e. The van der Waals surface area contributed by atoms with Gasteiger partial charge < -0.3 is 10.6 Å². The second-order valence-corrected chi connectivity index (χ2v) is 5.91. The molecule has 3 aromatic rings. The highest BCUT2D eigenvalue weighted by Crippen LogP contribution is 2.10. The van der Waals surface area contributed by atoms with Gasteiger partial charge in [0.2, 0.25) is 0 Å². The van der Waals surface area contributed by atoms with E-state index in [-0.39, 0.29) is 29.4 Å². The summed E-state index contributed by atoms with van der Waals surface area (Å²) in [6.07, 6.45) is 2.97. The Morgan fingerprint density at radius 3 is 2.75 bits per heavy atom. The third-order valence-corrected chi connectivity index (χ3v) is 4.25. The monoisotopic (exact) mass is 364 g/mol. The molecule has 0 aliphatic rings. The summed E-state index contributed by atoms with van der Waals surface area (Å²) in [6, 6.07) is 9.61. The fourth-order valence-corrected chi connectivity index (χ4v) is 3.03. The van der Waals surface area contributed by atoms with Gasteiger partial charge in [0.05, 0.1) is 0 Å². The van der Waals surface area contributed by atoms with E-state index in [4.69, 9.17) is 5.73 Å². The average Bonchev–Trinajstić information content (AvgIpc) is 3.05. The lowest BCUT2D eigenvalue weighted by molar-refractivity contribution is 0.0746. The topological polar surface area (TPSA) is 80.7 Å². The minimum Gasteiger partial charge on any atom is -0.333 e. The van der Waals surface area contributed by atoms with E-state index in [0.29, 0.717) is 24.6 Å². The van der Waals surface area contributed by atoms with E-state index in [2.05, 4.69) is 4.98 Å². The normalized spacial score (nSPS) is 10.4. The summed E-state index contributed by atoms with van der Waals surface area (Å²) in [5.41, 5.74) is 6.31. The van der Waals surface area contributed by atoms with Crippen LogP contribution in [0.5, 0.6) is 0 Å². The van der Waals surface area contributed by atoms with Gasteiger partial charge in [0.1, 0.15) is 5.56 Å². The third kappa shape index (κ3) is 3.64. The number of benzene rings is 1. The molecule has 2 heterocycles. The lowest BCUT2D eigenvalue weighted by Crippen LogP contribution is -2.38. The first-order chi connectivity index (χ1) is 11.2. The highest BCUT2D eigenvalue weighted by atomic mass is 35.5. The van der Waals surface area contributed by atoms with Crippen LogP contribution >= 0.6 is 23.7 Å². The largest absolute Gasteiger partial charge is 0.333 e. The molecule has 1 amide bonds. The number of rotatable bonds is 5. The highest BCUT2D eigenvalue weighted by molar-refractivity contribution is 7.15. The molecule has 126 valence electrons. The van der Waals surface area contributed by atoms with Crippen molar-refractivity contribution in [2.75, 3.05) is 13.1 Å².